The molecule has 0 bridgehead atoms. The summed E-state index contributed by atoms with van der Waals surface area (Å²) in [5, 5.41) is 3.47. The van der Waals surface area contributed by atoms with Crippen molar-refractivity contribution in [1.29, 1.82) is 0 Å². The van der Waals surface area contributed by atoms with Crippen LogP contribution in [0.1, 0.15) is 13.3 Å². The molecule has 1 aliphatic carbocycles. The van der Waals surface area contributed by atoms with Crippen LogP contribution in [-0.2, 0) is 0 Å². The Morgan fingerprint density at radius 3 is 3.09 bits per heavy atom. The van der Waals surface area contributed by atoms with E-state index in [4.69, 9.17) is 0 Å². The Bertz CT molecular complexity index is 242. The second-order valence-electron chi connectivity index (χ2n) is 3.30. The van der Waals surface area contributed by atoms with Gasteiger partial charge in [-0.3, -0.25) is 0 Å². The molecule has 0 aromatic heterocycles. The number of hydrogen-bond donors (Lipinski definition) is 1. The minimum atomic E-state index is 0.543. The van der Waals surface area contributed by atoms with Crippen molar-refractivity contribution in [2.75, 3.05) is 6.54 Å². The van der Waals surface area contributed by atoms with E-state index in [1.54, 1.807) is 0 Å². The van der Waals surface area contributed by atoms with E-state index in [1.165, 1.54) is 6.42 Å². The van der Waals surface area contributed by atoms with Gasteiger partial charge in [0.25, 0.3) is 0 Å². The zero-order chi connectivity index (χ0) is 7.68. The van der Waals surface area contributed by atoms with Gasteiger partial charge in [-0.15, -0.1) is 0 Å². The van der Waals surface area contributed by atoms with Gasteiger partial charge in [0.1, 0.15) is 0 Å². The predicted octanol–water partition coefficient (Wildman–Crippen LogP) is 1.48. The highest BCUT2D eigenvalue weighted by atomic mass is 15.0. The first-order valence-corrected chi connectivity index (χ1v) is 4.33. The number of fused-ring (bicyclic) bond motifs is 1. The number of hydrogen-bond acceptors (Lipinski definition) is 1. The zero-order valence-electron chi connectivity index (χ0n) is 6.80. The summed E-state index contributed by atoms with van der Waals surface area (Å²) in [6, 6.07) is 0.543. The van der Waals surface area contributed by atoms with Crippen LogP contribution in [0.25, 0.3) is 0 Å². The van der Waals surface area contributed by atoms with Crippen molar-refractivity contribution in [3.05, 3.63) is 23.6 Å². The SMILES string of the molecule is CCC1CNC2C=C=C=CC12. The fourth-order valence-corrected chi connectivity index (χ4v) is 1.96. The summed E-state index contributed by atoms with van der Waals surface area (Å²) < 4.78 is 0. The smallest absolute Gasteiger partial charge is 0.0404 e. The summed E-state index contributed by atoms with van der Waals surface area (Å²) in [5.41, 5.74) is 6.06. The maximum atomic E-state index is 3.47. The van der Waals surface area contributed by atoms with Gasteiger partial charge in [-0.1, -0.05) is 24.8 Å². The second-order valence-corrected chi connectivity index (χ2v) is 3.30. The third-order valence-electron chi connectivity index (χ3n) is 2.72. The molecule has 3 unspecified atom stereocenters. The summed E-state index contributed by atoms with van der Waals surface area (Å²) in [7, 11) is 0. The minimum absolute atomic E-state index is 0.543. The van der Waals surface area contributed by atoms with Crippen molar-refractivity contribution in [1.82, 2.24) is 5.32 Å². The van der Waals surface area contributed by atoms with Gasteiger partial charge >= 0.3 is 0 Å². The maximum absolute atomic E-state index is 3.47. The monoisotopic (exact) mass is 147 g/mol. The van der Waals surface area contributed by atoms with Crippen LogP contribution in [0.15, 0.2) is 23.6 Å². The maximum Gasteiger partial charge on any atom is 0.0404 e. The van der Waals surface area contributed by atoms with Crippen molar-refractivity contribution in [3.8, 4) is 0 Å². The highest BCUT2D eigenvalue weighted by Crippen LogP contribution is 2.27. The summed E-state index contributed by atoms with van der Waals surface area (Å²) in [4.78, 5) is 0. The predicted molar refractivity (Wildman–Crippen MR) is 45.2 cm³/mol. The Morgan fingerprint density at radius 1 is 1.45 bits per heavy atom. The van der Waals surface area contributed by atoms with E-state index < -0.39 is 0 Å². The standard InChI is InChI=1S/C10H13N/c1-2-8-7-11-10-6-4-3-5-9(8)10/h5-6,8-11H,2,7H2,1H3. The number of rotatable bonds is 1. The molecule has 0 radical (unpaired) electrons. The van der Waals surface area contributed by atoms with Gasteiger partial charge in [-0.05, 0) is 24.6 Å². The van der Waals surface area contributed by atoms with Crippen LogP contribution in [0.2, 0.25) is 0 Å². The molecular weight excluding hydrogens is 134 g/mol. The molecule has 1 N–H and O–H groups in total. The van der Waals surface area contributed by atoms with Crippen molar-refractivity contribution >= 4 is 0 Å². The third kappa shape index (κ3) is 1.08. The molecule has 2 aliphatic rings. The molecule has 58 valence electrons. The van der Waals surface area contributed by atoms with E-state index in [9.17, 15) is 0 Å². The van der Waals surface area contributed by atoms with Crippen LogP contribution in [0.3, 0.4) is 0 Å². The van der Waals surface area contributed by atoms with Gasteiger partial charge in [0, 0.05) is 12.0 Å². The van der Waals surface area contributed by atoms with E-state index in [1.807, 2.05) is 0 Å². The Hall–Kier alpha value is -0.740. The van der Waals surface area contributed by atoms with Gasteiger partial charge in [-0.25, -0.2) is 0 Å². The van der Waals surface area contributed by atoms with Crippen LogP contribution >= 0.6 is 0 Å². The Kier molecular flexibility index (Phi) is 1.71. The molecule has 1 nitrogen and oxygen atoms in total. The van der Waals surface area contributed by atoms with Crippen LogP contribution in [0, 0.1) is 11.8 Å². The Morgan fingerprint density at radius 2 is 2.27 bits per heavy atom. The lowest BCUT2D eigenvalue weighted by molar-refractivity contribution is 0.455. The Balaban J connectivity index is 2.21. The highest BCUT2D eigenvalue weighted by Gasteiger charge is 2.31. The summed E-state index contributed by atoms with van der Waals surface area (Å²) in [6.07, 6.45) is 5.53. The van der Waals surface area contributed by atoms with E-state index in [-0.39, 0.29) is 0 Å². The van der Waals surface area contributed by atoms with E-state index in [0.717, 1.165) is 12.5 Å². The zero-order valence-corrected chi connectivity index (χ0v) is 6.80. The molecular formula is C10H13N. The van der Waals surface area contributed by atoms with Crippen molar-refractivity contribution in [3.63, 3.8) is 0 Å². The lowest BCUT2D eigenvalue weighted by atomic mass is 9.87. The number of nitrogens with one attached hydrogen (secondary N) is 1. The lowest BCUT2D eigenvalue weighted by Crippen LogP contribution is -2.24. The van der Waals surface area contributed by atoms with E-state index in [0.29, 0.717) is 12.0 Å². The van der Waals surface area contributed by atoms with Crippen LogP contribution < -0.4 is 5.32 Å². The quantitative estimate of drug-likeness (QED) is 0.554. The first kappa shape index (κ1) is 6.94. The molecule has 1 heterocycles. The Labute approximate surface area is 67.5 Å². The molecule has 1 heteroatoms. The first-order valence-electron chi connectivity index (χ1n) is 4.33. The summed E-state index contributed by atoms with van der Waals surface area (Å²) in [6.45, 7) is 3.41. The van der Waals surface area contributed by atoms with Crippen molar-refractivity contribution in [2.24, 2.45) is 11.8 Å². The molecule has 2 rings (SSSR count). The molecule has 1 fully saturated rings. The first-order chi connectivity index (χ1) is 5.42. The average molecular weight is 147 g/mol. The van der Waals surface area contributed by atoms with Gasteiger partial charge in [-0.2, -0.15) is 0 Å². The topological polar surface area (TPSA) is 12.0 Å². The molecule has 0 aromatic carbocycles. The molecule has 11 heavy (non-hydrogen) atoms. The minimum Gasteiger partial charge on any atom is -0.309 e. The van der Waals surface area contributed by atoms with Gasteiger partial charge < -0.3 is 5.32 Å². The largest absolute Gasteiger partial charge is 0.309 e. The summed E-state index contributed by atoms with van der Waals surface area (Å²) >= 11 is 0. The molecule has 3 atom stereocenters. The molecule has 0 spiro atoms. The van der Waals surface area contributed by atoms with Gasteiger partial charge in [0.2, 0.25) is 0 Å². The molecule has 0 saturated carbocycles. The van der Waals surface area contributed by atoms with Crippen LogP contribution in [0.5, 0.6) is 0 Å². The van der Waals surface area contributed by atoms with Crippen molar-refractivity contribution < 1.29 is 0 Å². The fraction of sp³-hybridized carbons (Fsp3) is 0.600. The molecule has 0 amide bonds. The van der Waals surface area contributed by atoms with E-state index in [2.05, 4.69) is 35.9 Å². The van der Waals surface area contributed by atoms with Crippen LogP contribution in [-0.4, -0.2) is 12.6 Å². The second kappa shape index (κ2) is 2.71. The molecule has 0 aromatic rings. The third-order valence-corrected chi connectivity index (χ3v) is 2.72. The summed E-state index contributed by atoms with van der Waals surface area (Å²) in [5.74, 6) is 1.49. The van der Waals surface area contributed by atoms with Gasteiger partial charge in [0.15, 0.2) is 0 Å². The fourth-order valence-electron chi connectivity index (χ4n) is 1.96. The molecule has 1 saturated heterocycles. The van der Waals surface area contributed by atoms with Crippen molar-refractivity contribution in [2.45, 2.75) is 19.4 Å². The highest BCUT2D eigenvalue weighted by molar-refractivity contribution is 5.13. The van der Waals surface area contributed by atoms with E-state index >= 15 is 0 Å². The van der Waals surface area contributed by atoms with Crippen LogP contribution in [0.4, 0.5) is 0 Å². The lowest BCUT2D eigenvalue weighted by Gasteiger charge is -2.16. The average Bonchev–Trinajstić information content (AvgIpc) is 2.47. The molecule has 1 aliphatic heterocycles. The van der Waals surface area contributed by atoms with Gasteiger partial charge in [0.05, 0.1) is 0 Å². The normalized spacial score (nSPS) is 39.5.